The summed E-state index contributed by atoms with van der Waals surface area (Å²) in [5.74, 6) is 0.676. The molecule has 1 heterocycles. The molecule has 1 aromatic rings. The SMILES string of the molecule is CCC=C(C)c1ccc2c(c1)N(C)[C@@H]([O-])O2.[Rb+]. The van der Waals surface area contributed by atoms with E-state index in [0.717, 1.165) is 17.7 Å². The van der Waals surface area contributed by atoms with Gasteiger partial charge in [-0.2, -0.15) is 0 Å². The van der Waals surface area contributed by atoms with Gasteiger partial charge < -0.3 is 14.7 Å². The smallest absolute Gasteiger partial charge is 0.804 e. The molecule has 1 atom stereocenters. The zero-order valence-electron chi connectivity index (χ0n) is 10.9. The van der Waals surface area contributed by atoms with Gasteiger partial charge in [-0.1, -0.05) is 19.1 Å². The van der Waals surface area contributed by atoms with Gasteiger partial charge in [0.2, 0.25) is 0 Å². The average Bonchev–Trinajstić information content (AvgIpc) is 2.55. The molecule has 17 heavy (non-hydrogen) atoms. The van der Waals surface area contributed by atoms with Gasteiger partial charge in [-0.3, -0.25) is 0 Å². The van der Waals surface area contributed by atoms with Crippen molar-refractivity contribution in [3.63, 3.8) is 0 Å². The monoisotopic (exact) mass is 303 g/mol. The normalized spacial score (nSPS) is 18.5. The summed E-state index contributed by atoms with van der Waals surface area (Å²) in [7, 11) is 1.76. The van der Waals surface area contributed by atoms with Crippen molar-refractivity contribution in [2.24, 2.45) is 0 Å². The molecule has 3 nitrogen and oxygen atoms in total. The summed E-state index contributed by atoms with van der Waals surface area (Å²) in [6, 6.07) is 5.87. The molecule has 0 amide bonds. The van der Waals surface area contributed by atoms with Crippen LogP contribution in [0.5, 0.6) is 5.75 Å². The Morgan fingerprint density at radius 3 is 2.88 bits per heavy atom. The Bertz CT molecular complexity index is 431. The minimum Gasteiger partial charge on any atom is -0.804 e. The number of anilines is 1. The molecule has 4 heteroatoms. The molecule has 1 aliphatic heterocycles. The Labute approximate surface area is 151 Å². The van der Waals surface area contributed by atoms with E-state index < -0.39 is 6.41 Å². The van der Waals surface area contributed by atoms with E-state index in [1.165, 1.54) is 5.57 Å². The maximum Gasteiger partial charge on any atom is 1.00 e. The van der Waals surface area contributed by atoms with Crippen molar-refractivity contribution in [1.29, 1.82) is 0 Å². The molecule has 0 N–H and O–H groups in total. The molecular weight excluding hydrogens is 288 g/mol. The van der Waals surface area contributed by atoms with E-state index >= 15 is 0 Å². The number of benzene rings is 1. The van der Waals surface area contributed by atoms with Gasteiger partial charge in [0.15, 0.2) is 0 Å². The number of nitrogens with zero attached hydrogens (tertiary/aromatic N) is 1. The molecule has 1 aliphatic rings. The van der Waals surface area contributed by atoms with E-state index in [4.69, 9.17) is 4.74 Å². The first-order chi connectivity index (χ1) is 7.63. The molecule has 0 fully saturated rings. The zero-order chi connectivity index (χ0) is 11.7. The number of fused-ring (bicyclic) bond motifs is 1. The summed E-state index contributed by atoms with van der Waals surface area (Å²) >= 11 is 0. The average molecular weight is 304 g/mol. The molecule has 0 aliphatic carbocycles. The fourth-order valence-electron chi connectivity index (χ4n) is 1.86. The van der Waals surface area contributed by atoms with E-state index in [-0.39, 0.29) is 58.2 Å². The van der Waals surface area contributed by atoms with Gasteiger partial charge >= 0.3 is 58.2 Å². The van der Waals surface area contributed by atoms with Crippen molar-refractivity contribution in [3.05, 3.63) is 29.8 Å². The number of hydrogen-bond donors (Lipinski definition) is 0. The van der Waals surface area contributed by atoms with Crippen LogP contribution in [0.25, 0.3) is 5.57 Å². The van der Waals surface area contributed by atoms with Crippen LogP contribution in [0.3, 0.4) is 0 Å². The van der Waals surface area contributed by atoms with Crippen LogP contribution >= 0.6 is 0 Å². The summed E-state index contributed by atoms with van der Waals surface area (Å²) in [6.45, 7) is 4.19. The van der Waals surface area contributed by atoms with Crippen molar-refractivity contribution in [2.45, 2.75) is 26.7 Å². The first kappa shape index (κ1) is 15.4. The number of allylic oxidation sites excluding steroid dienone is 2. The fraction of sp³-hybridized carbons (Fsp3) is 0.385. The second-order valence-corrected chi connectivity index (χ2v) is 4.01. The second-order valence-electron chi connectivity index (χ2n) is 4.01. The van der Waals surface area contributed by atoms with E-state index in [1.54, 1.807) is 11.9 Å². The van der Waals surface area contributed by atoms with Crippen molar-refractivity contribution in [2.75, 3.05) is 11.9 Å². The van der Waals surface area contributed by atoms with Gasteiger partial charge in [-0.25, -0.2) is 0 Å². The second kappa shape index (κ2) is 6.48. The van der Waals surface area contributed by atoms with E-state index in [1.807, 2.05) is 18.2 Å². The van der Waals surface area contributed by atoms with Crippen LogP contribution in [0.4, 0.5) is 5.69 Å². The van der Waals surface area contributed by atoms with Crippen LogP contribution in [0, 0.1) is 0 Å². The topological polar surface area (TPSA) is 35.5 Å². The van der Waals surface area contributed by atoms with Gasteiger partial charge in [-0.15, -0.1) is 0 Å². The summed E-state index contributed by atoms with van der Waals surface area (Å²) in [5, 5.41) is 11.4. The van der Waals surface area contributed by atoms with Gasteiger partial charge in [0, 0.05) is 7.05 Å². The van der Waals surface area contributed by atoms with E-state index in [0.29, 0.717) is 5.75 Å². The quantitative estimate of drug-likeness (QED) is 0.701. The van der Waals surface area contributed by atoms with Crippen molar-refractivity contribution < 1.29 is 68.0 Å². The zero-order valence-corrected chi connectivity index (χ0v) is 15.8. The van der Waals surface area contributed by atoms with Gasteiger partial charge in [0.05, 0.1) is 5.69 Å². The Morgan fingerprint density at radius 1 is 1.53 bits per heavy atom. The van der Waals surface area contributed by atoms with Crippen molar-refractivity contribution >= 4 is 11.3 Å². The van der Waals surface area contributed by atoms with Crippen LogP contribution < -0.4 is 72.9 Å². The molecule has 0 radical (unpaired) electrons. The predicted molar refractivity (Wildman–Crippen MR) is 63.2 cm³/mol. The summed E-state index contributed by atoms with van der Waals surface area (Å²) in [5.41, 5.74) is 3.25. The molecule has 0 saturated carbocycles. The fourth-order valence-corrected chi connectivity index (χ4v) is 1.86. The number of rotatable bonds is 2. The van der Waals surface area contributed by atoms with Gasteiger partial charge in [0.25, 0.3) is 0 Å². The minimum atomic E-state index is -1.11. The third kappa shape index (κ3) is 3.21. The first-order valence-corrected chi connectivity index (χ1v) is 5.50. The van der Waals surface area contributed by atoms with Crippen LogP contribution in [-0.2, 0) is 0 Å². The minimum absolute atomic E-state index is 0. The third-order valence-corrected chi connectivity index (χ3v) is 2.85. The van der Waals surface area contributed by atoms with E-state index in [2.05, 4.69) is 19.9 Å². The van der Waals surface area contributed by atoms with Gasteiger partial charge in [0.1, 0.15) is 12.2 Å². The molecule has 0 bridgehead atoms. The summed E-state index contributed by atoms with van der Waals surface area (Å²) in [6.07, 6.45) is 2.08. The molecule has 0 spiro atoms. The Kier molecular flexibility index (Phi) is 5.86. The maximum atomic E-state index is 11.4. The molecule has 0 saturated heterocycles. The van der Waals surface area contributed by atoms with Crippen LogP contribution in [-0.4, -0.2) is 13.5 Å². The first-order valence-electron chi connectivity index (χ1n) is 5.50. The molecule has 0 aromatic heterocycles. The summed E-state index contributed by atoms with van der Waals surface area (Å²) in [4.78, 5) is 1.61. The molecule has 2 rings (SSSR count). The van der Waals surface area contributed by atoms with Crippen LogP contribution in [0.15, 0.2) is 24.3 Å². The number of ether oxygens (including phenoxy) is 1. The number of hydrogen-bond acceptors (Lipinski definition) is 3. The van der Waals surface area contributed by atoms with E-state index in [9.17, 15) is 5.11 Å². The molecular formula is C13H16NO2Rb. The Morgan fingerprint density at radius 2 is 2.24 bits per heavy atom. The molecule has 1 aromatic carbocycles. The predicted octanol–water partition coefficient (Wildman–Crippen LogP) is -1.02. The Hall–Kier alpha value is 0.325. The molecule has 0 unspecified atom stereocenters. The van der Waals surface area contributed by atoms with Crippen molar-refractivity contribution in [3.8, 4) is 5.75 Å². The maximum absolute atomic E-state index is 11.4. The Balaban J connectivity index is 0.00000144. The standard InChI is InChI=1S/C13H16NO2.Rb/c1-4-5-9(2)10-6-7-12-11(8-10)14(3)13(15)16-12;/h5-8,13H,4H2,1-3H3;/q-1;+1/t13-;/m0./s1. The van der Waals surface area contributed by atoms with Crippen LogP contribution in [0.1, 0.15) is 25.8 Å². The van der Waals surface area contributed by atoms with Crippen LogP contribution in [0.2, 0.25) is 0 Å². The largest absolute Gasteiger partial charge is 1.00 e. The third-order valence-electron chi connectivity index (χ3n) is 2.85. The van der Waals surface area contributed by atoms with Crippen molar-refractivity contribution in [1.82, 2.24) is 0 Å². The summed E-state index contributed by atoms with van der Waals surface area (Å²) < 4.78 is 5.16. The van der Waals surface area contributed by atoms with Gasteiger partial charge in [-0.05, 0) is 36.6 Å². The molecule has 86 valence electrons.